The lowest BCUT2D eigenvalue weighted by atomic mass is 9.53. The van der Waals surface area contributed by atoms with Gasteiger partial charge in [-0.25, -0.2) is 0 Å². The minimum atomic E-state index is -0.948. The zero-order valence-electron chi connectivity index (χ0n) is 17.4. The van der Waals surface area contributed by atoms with E-state index in [-0.39, 0.29) is 28.8 Å². The SMILES string of the molecule is COC(=O)C1(C)CCC[C@]2(C)C3=C(C(=O)C(C(C)C)=C(OC)C3=O)[C@@H](C=O)[C@@H]12. The lowest BCUT2D eigenvalue weighted by Gasteiger charge is -2.49. The van der Waals surface area contributed by atoms with Gasteiger partial charge < -0.3 is 14.3 Å². The normalized spacial score (nSPS) is 35.1. The van der Waals surface area contributed by atoms with Gasteiger partial charge in [0.1, 0.15) is 6.29 Å². The smallest absolute Gasteiger partial charge is 0.311 e. The van der Waals surface area contributed by atoms with Crippen molar-refractivity contribution in [2.24, 2.45) is 28.6 Å². The van der Waals surface area contributed by atoms with Gasteiger partial charge in [0, 0.05) is 28.1 Å². The molecule has 0 bridgehead atoms. The molecule has 0 aromatic rings. The molecule has 1 unspecified atom stereocenters. The molecule has 1 saturated carbocycles. The Labute approximate surface area is 165 Å². The highest BCUT2D eigenvalue weighted by atomic mass is 16.5. The number of carbonyl (C=O) groups excluding carboxylic acids is 4. The molecule has 4 atom stereocenters. The summed E-state index contributed by atoms with van der Waals surface area (Å²) in [5.41, 5.74) is -0.790. The van der Waals surface area contributed by atoms with Gasteiger partial charge >= 0.3 is 5.97 Å². The summed E-state index contributed by atoms with van der Waals surface area (Å²) in [6.45, 7) is 7.33. The molecule has 0 aliphatic heterocycles. The number of hydrogen-bond donors (Lipinski definition) is 0. The third-order valence-electron chi connectivity index (χ3n) is 7.04. The van der Waals surface area contributed by atoms with Crippen LogP contribution in [0, 0.1) is 28.6 Å². The van der Waals surface area contributed by atoms with E-state index in [1.54, 1.807) is 6.92 Å². The molecule has 0 aromatic heterocycles. The predicted octanol–water partition coefficient (Wildman–Crippen LogP) is 2.81. The molecule has 3 aliphatic rings. The molecule has 28 heavy (non-hydrogen) atoms. The number of ketones is 2. The summed E-state index contributed by atoms with van der Waals surface area (Å²) in [5, 5.41) is 0. The quantitative estimate of drug-likeness (QED) is 0.418. The minimum absolute atomic E-state index is 0.0654. The van der Waals surface area contributed by atoms with E-state index < -0.39 is 28.6 Å². The first-order valence-electron chi connectivity index (χ1n) is 9.76. The van der Waals surface area contributed by atoms with Gasteiger partial charge in [-0.1, -0.05) is 27.2 Å². The molecule has 0 amide bonds. The average molecular weight is 388 g/mol. The fourth-order valence-corrected chi connectivity index (χ4v) is 6.02. The van der Waals surface area contributed by atoms with Gasteiger partial charge in [-0.3, -0.25) is 14.4 Å². The van der Waals surface area contributed by atoms with E-state index in [4.69, 9.17) is 9.47 Å². The number of rotatable bonds is 4. The van der Waals surface area contributed by atoms with Crippen molar-refractivity contribution in [2.75, 3.05) is 14.2 Å². The Hall–Kier alpha value is -2.24. The minimum Gasteiger partial charge on any atom is -0.492 e. The lowest BCUT2D eigenvalue weighted by molar-refractivity contribution is -0.163. The number of carbonyl (C=O) groups is 4. The highest BCUT2D eigenvalue weighted by molar-refractivity contribution is 6.27. The van der Waals surface area contributed by atoms with Crippen LogP contribution in [-0.4, -0.2) is 38.0 Å². The molecule has 0 radical (unpaired) electrons. The Balaban J connectivity index is 2.27. The molecule has 0 aromatic carbocycles. The Morgan fingerprint density at radius 3 is 2.29 bits per heavy atom. The van der Waals surface area contributed by atoms with Crippen LogP contribution in [0.3, 0.4) is 0 Å². The number of hydrogen-bond acceptors (Lipinski definition) is 6. The molecule has 6 nitrogen and oxygen atoms in total. The van der Waals surface area contributed by atoms with Crippen molar-refractivity contribution in [1.82, 2.24) is 0 Å². The van der Waals surface area contributed by atoms with E-state index in [1.807, 2.05) is 20.8 Å². The molecular weight excluding hydrogens is 360 g/mol. The predicted molar refractivity (Wildman–Crippen MR) is 101 cm³/mol. The van der Waals surface area contributed by atoms with E-state index in [2.05, 4.69) is 0 Å². The van der Waals surface area contributed by atoms with Crippen LogP contribution in [0.1, 0.15) is 47.0 Å². The van der Waals surface area contributed by atoms with Gasteiger partial charge in [0.05, 0.1) is 19.6 Å². The van der Waals surface area contributed by atoms with Crippen molar-refractivity contribution in [3.63, 3.8) is 0 Å². The first kappa shape index (κ1) is 20.5. The van der Waals surface area contributed by atoms with E-state index in [9.17, 15) is 19.2 Å². The first-order chi connectivity index (χ1) is 13.1. The summed E-state index contributed by atoms with van der Waals surface area (Å²) < 4.78 is 10.4. The van der Waals surface area contributed by atoms with Gasteiger partial charge in [-0.05, 0) is 31.6 Å². The molecule has 1 fully saturated rings. The summed E-state index contributed by atoms with van der Waals surface area (Å²) in [7, 11) is 2.72. The van der Waals surface area contributed by atoms with Crippen molar-refractivity contribution in [3.8, 4) is 0 Å². The molecule has 3 rings (SSSR count). The highest BCUT2D eigenvalue weighted by Crippen LogP contribution is 2.65. The summed E-state index contributed by atoms with van der Waals surface area (Å²) in [6.07, 6.45) is 2.61. The van der Waals surface area contributed by atoms with Gasteiger partial charge in [0.15, 0.2) is 11.5 Å². The average Bonchev–Trinajstić information content (AvgIpc) is 2.93. The molecular formula is C22H28O6. The van der Waals surface area contributed by atoms with E-state index in [0.717, 1.165) is 6.29 Å². The maximum absolute atomic E-state index is 13.4. The fourth-order valence-electron chi connectivity index (χ4n) is 6.02. The Kier molecular flexibility index (Phi) is 4.89. The number of allylic oxidation sites excluding steroid dienone is 3. The molecule has 0 N–H and O–H groups in total. The number of aldehydes is 1. The monoisotopic (exact) mass is 388 g/mol. The van der Waals surface area contributed by atoms with Gasteiger partial charge in [-0.2, -0.15) is 0 Å². The third kappa shape index (κ3) is 2.39. The standard InChI is InChI=1S/C22H28O6/c1-11(2)13-16(24)14-12(10-23)19-21(3,15(14)17(25)18(13)27-5)8-7-9-22(19,4)20(26)28-6/h10-12,19H,7-9H2,1-6H3/t12-,19-,21-,22?/m1/s1. The van der Waals surface area contributed by atoms with Crippen LogP contribution >= 0.6 is 0 Å². The summed E-state index contributed by atoms with van der Waals surface area (Å²) in [5.74, 6) is -2.51. The zero-order chi connectivity index (χ0) is 21.0. The first-order valence-corrected chi connectivity index (χ1v) is 9.76. The molecule has 0 spiro atoms. The van der Waals surface area contributed by atoms with Crippen LogP contribution in [0.2, 0.25) is 0 Å². The van der Waals surface area contributed by atoms with Crippen LogP contribution in [0.25, 0.3) is 0 Å². The van der Waals surface area contributed by atoms with Crippen LogP contribution in [0.15, 0.2) is 22.5 Å². The largest absolute Gasteiger partial charge is 0.492 e. The molecule has 6 heteroatoms. The van der Waals surface area contributed by atoms with Gasteiger partial charge in [0.2, 0.25) is 5.78 Å². The number of fused-ring (bicyclic) bond motifs is 2. The fraction of sp³-hybridized carbons (Fsp3) is 0.636. The Bertz CT molecular complexity index is 832. The molecule has 3 aliphatic carbocycles. The summed E-state index contributed by atoms with van der Waals surface area (Å²) >= 11 is 0. The molecule has 152 valence electrons. The topological polar surface area (TPSA) is 86.7 Å². The van der Waals surface area contributed by atoms with Crippen molar-refractivity contribution < 1.29 is 28.7 Å². The second-order valence-electron chi connectivity index (χ2n) is 8.87. The summed E-state index contributed by atoms with van der Waals surface area (Å²) in [4.78, 5) is 51.9. The summed E-state index contributed by atoms with van der Waals surface area (Å²) in [6, 6.07) is 0. The maximum atomic E-state index is 13.4. The van der Waals surface area contributed by atoms with Crippen LogP contribution < -0.4 is 0 Å². The second-order valence-corrected chi connectivity index (χ2v) is 8.87. The van der Waals surface area contributed by atoms with Crippen molar-refractivity contribution in [1.29, 1.82) is 0 Å². The van der Waals surface area contributed by atoms with Crippen molar-refractivity contribution in [3.05, 3.63) is 22.5 Å². The Morgan fingerprint density at radius 1 is 1.14 bits per heavy atom. The highest BCUT2D eigenvalue weighted by Gasteiger charge is 2.65. The molecule has 0 saturated heterocycles. The maximum Gasteiger partial charge on any atom is 0.311 e. The van der Waals surface area contributed by atoms with Crippen molar-refractivity contribution >= 4 is 23.8 Å². The van der Waals surface area contributed by atoms with E-state index in [1.165, 1.54) is 14.2 Å². The van der Waals surface area contributed by atoms with E-state index in [0.29, 0.717) is 30.4 Å². The molecule has 0 heterocycles. The number of ether oxygens (including phenoxy) is 2. The van der Waals surface area contributed by atoms with Gasteiger partial charge in [0.25, 0.3) is 0 Å². The van der Waals surface area contributed by atoms with Crippen LogP contribution in [0.4, 0.5) is 0 Å². The lowest BCUT2D eigenvalue weighted by Crippen LogP contribution is -2.50. The van der Waals surface area contributed by atoms with Crippen molar-refractivity contribution in [2.45, 2.75) is 47.0 Å². The number of esters is 1. The number of methoxy groups -OCH3 is 2. The number of Topliss-reactive ketones (excluding diaryl/α,β-unsaturated/α-hetero) is 2. The third-order valence-corrected chi connectivity index (χ3v) is 7.04. The zero-order valence-corrected chi connectivity index (χ0v) is 17.4. The second kappa shape index (κ2) is 6.68. The van der Waals surface area contributed by atoms with Gasteiger partial charge in [-0.15, -0.1) is 0 Å². The van der Waals surface area contributed by atoms with Crippen LogP contribution in [0.5, 0.6) is 0 Å². The van der Waals surface area contributed by atoms with Crippen LogP contribution in [-0.2, 0) is 28.7 Å². The van der Waals surface area contributed by atoms with E-state index >= 15 is 0 Å². The Morgan fingerprint density at radius 2 is 1.79 bits per heavy atom.